The molecule has 1 unspecified atom stereocenters. The van der Waals surface area contributed by atoms with Crippen molar-refractivity contribution in [3.63, 3.8) is 0 Å². The van der Waals surface area contributed by atoms with Crippen LogP contribution in [0.25, 0.3) is 0 Å². The van der Waals surface area contributed by atoms with Crippen LogP contribution in [0.1, 0.15) is 48.4 Å². The summed E-state index contributed by atoms with van der Waals surface area (Å²) >= 11 is 0. The fourth-order valence-corrected chi connectivity index (χ4v) is 1.69. The summed E-state index contributed by atoms with van der Waals surface area (Å²) in [6.07, 6.45) is 7.78. The quantitative estimate of drug-likeness (QED) is 0.806. The molecule has 0 radical (unpaired) electrons. The first kappa shape index (κ1) is 14.2. The molecule has 1 aromatic rings. The van der Waals surface area contributed by atoms with Gasteiger partial charge < -0.3 is 5.32 Å². The fraction of sp³-hybridized carbons (Fsp3) is 0.500. The lowest BCUT2D eigenvalue weighted by atomic mass is 10.1. The summed E-state index contributed by atoms with van der Waals surface area (Å²) in [5.74, 6) is 2.42. The van der Waals surface area contributed by atoms with E-state index in [1.807, 2.05) is 20.8 Å². The topological polar surface area (TPSA) is 54.9 Å². The molecular weight excluding hydrogens is 226 g/mol. The normalized spacial score (nSPS) is 11.7. The lowest BCUT2D eigenvalue weighted by Gasteiger charge is -2.13. The molecule has 0 aromatic carbocycles. The Bertz CT molecular complexity index is 463. The smallest absolute Gasteiger partial charge is 0.254 e. The largest absolute Gasteiger partial charge is 0.338 e. The zero-order chi connectivity index (χ0) is 13.5. The van der Waals surface area contributed by atoms with Gasteiger partial charge in [0.2, 0.25) is 0 Å². The molecule has 18 heavy (non-hydrogen) atoms. The van der Waals surface area contributed by atoms with Crippen LogP contribution in [0.5, 0.6) is 0 Å². The summed E-state index contributed by atoms with van der Waals surface area (Å²) in [5.41, 5.74) is 2.00. The molecule has 0 aliphatic carbocycles. The minimum atomic E-state index is -0.222. The molecule has 4 nitrogen and oxygen atoms in total. The van der Waals surface area contributed by atoms with E-state index in [2.05, 4.69) is 21.4 Å². The van der Waals surface area contributed by atoms with E-state index in [1.165, 1.54) is 0 Å². The van der Waals surface area contributed by atoms with Gasteiger partial charge in [-0.1, -0.05) is 26.2 Å². The molecule has 0 saturated heterocycles. The molecule has 0 aliphatic heterocycles. The summed E-state index contributed by atoms with van der Waals surface area (Å²) in [7, 11) is 0. The van der Waals surface area contributed by atoms with Crippen molar-refractivity contribution in [2.75, 3.05) is 0 Å². The van der Waals surface area contributed by atoms with Crippen LogP contribution >= 0.6 is 0 Å². The molecule has 0 bridgehead atoms. The monoisotopic (exact) mass is 245 g/mol. The van der Waals surface area contributed by atoms with Crippen molar-refractivity contribution >= 4 is 5.91 Å². The Kier molecular flexibility index (Phi) is 5.31. The van der Waals surface area contributed by atoms with Crippen molar-refractivity contribution in [2.24, 2.45) is 0 Å². The van der Waals surface area contributed by atoms with Crippen LogP contribution in [0.15, 0.2) is 6.07 Å². The molecule has 1 N–H and O–H groups in total. The SMILES string of the molecule is C#CC(CCC)NC(=O)c1cc(C)nnc1CC. The Labute approximate surface area is 108 Å². The number of rotatable bonds is 5. The maximum atomic E-state index is 12.1. The summed E-state index contributed by atoms with van der Waals surface area (Å²) in [5, 5.41) is 10.8. The third-order valence-corrected chi connectivity index (χ3v) is 2.66. The summed E-state index contributed by atoms with van der Waals surface area (Å²) < 4.78 is 0. The molecule has 0 saturated carbocycles. The second-order valence-electron chi connectivity index (χ2n) is 4.18. The number of nitrogens with one attached hydrogen (secondary N) is 1. The standard InChI is InChI=1S/C14H19N3O/c1-5-8-11(6-2)15-14(18)12-9-10(4)16-17-13(12)7-3/h2,9,11H,5,7-8H2,1,3-4H3,(H,15,18). The summed E-state index contributed by atoms with van der Waals surface area (Å²) in [4.78, 5) is 12.1. The number of aromatic nitrogens is 2. The highest BCUT2D eigenvalue weighted by Gasteiger charge is 2.15. The van der Waals surface area contributed by atoms with E-state index in [0.717, 1.165) is 18.5 Å². The van der Waals surface area contributed by atoms with Crippen LogP contribution in [0.3, 0.4) is 0 Å². The molecule has 1 rings (SSSR count). The minimum Gasteiger partial charge on any atom is -0.338 e. The van der Waals surface area contributed by atoms with Gasteiger partial charge in [0.15, 0.2) is 0 Å². The lowest BCUT2D eigenvalue weighted by molar-refractivity contribution is 0.0942. The molecule has 4 heteroatoms. The van der Waals surface area contributed by atoms with Gasteiger partial charge in [-0.3, -0.25) is 4.79 Å². The molecule has 1 aromatic heterocycles. The van der Waals surface area contributed by atoms with Crippen LogP contribution < -0.4 is 5.32 Å². The van der Waals surface area contributed by atoms with Crippen molar-refractivity contribution in [3.8, 4) is 12.3 Å². The van der Waals surface area contributed by atoms with E-state index in [-0.39, 0.29) is 11.9 Å². The molecule has 0 spiro atoms. The van der Waals surface area contributed by atoms with Gasteiger partial charge in [-0.25, -0.2) is 0 Å². The predicted molar refractivity (Wildman–Crippen MR) is 71.1 cm³/mol. The number of aryl methyl sites for hydroxylation is 2. The predicted octanol–water partition coefficient (Wildman–Crippen LogP) is 1.88. The maximum absolute atomic E-state index is 12.1. The zero-order valence-electron chi connectivity index (χ0n) is 11.2. The van der Waals surface area contributed by atoms with Gasteiger partial charge in [0, 0.05) is 0 Å². The van der Waals surface area contributed by atoms with Crippen LogP contribution in [0.2, 0.25) is 0 Å². The molecular formula is C14H19N3O. The molecule has 1 heterocycles. The van der Waals surface area contributed by atoms with Crippen molar-refractivity contribution in [1.29, 1.82) is 0 Å². The van der Waals surface area contributed by atoms with Gasteiger partial charge >= 0.3 is 0 Å². The third-order valence-electron chi connectivity index (χ3n) is 2.66. The Morgan fingerprint density at radius 2 is 2.22 bits per heavy atom. The summed E-state index contributed by atoms with van der Waals surface area (Å²) in [6.45, 7) is 5.79. The highest BCUT2D eigenvalue weighted by atomic mass is 16.1. The Morgan fingerprint density at radius 1 is 1.50 bits per heavy atom. The zero-order valence-corrected chi connectivity index (χ0v) is 11.2. The Hall–Kier alpha value is -1.89. The Balaban J connectivity index is 2.90. The number of carbonyl (C=O) groups is 1. The minimum absolute atomic E-state index is 0.166. The molecule has 1 amide bonds. The average Bonchev–Trinajstić information content (AvgIpc) is 2.38. The van der Waals surface area contributed by atoms with Crippen LogP contribution in [-0.2, 0) is 6.42 Å². The maximum Gasteiger partial charge on any atom is 0.254 e. The summed E-state index contributed by atoms with van der Waals surface area (Å²) in [6, 6.07) is 1.53. The van der Waals surface area contributed by atoms with E-state index >= 15 is 0 Å². The number of carbonyl (C=O) groups excluding carboxylic acids is 1. The van der Waals surface area contributed by atoms with Crippen LogP contribution in [0, 0.1) is 19.3 Å². The van der Waals surface area contributed by atoms with Gasteiger partial charge in [0.05, 0.1) is 23.0 Å². The third kappa shape index (κ3) is 3.56. The van der Waals surface area contributed by atoms with Gasteiger partial charge in [-0.15, -0.1) is 6.42 Å². The first-order valence-electron chi connectivity index (χ1n) is 6.22. The van der Waals surface area contributed by atoms with E-state index in [0.29, 0.717) is 17.7 Å². The number of amides is 1. The van der Waals surface area contributed by atoms with Crippen molar-refractivity contribution in [1.82, 2.24) is 15.5 Å². The average molecular weight is 245 g/mol. The first-order chi connectivity index (χ1) is 8.62. The second-order valence-corrected chi connectivity index (χ2v) is 4.18. The van der Waals surface area contributed by atoms with Crippen LogP contribution in [-0.4, -0.2) is 22.1 Å². The lowest BCUT2D eigenvalue weighted by Crippen LogP contribution is -2.34. The van der Waals surface area contributed by atoms with E-state index in [9.17, 15) is 4.79 Å². The second kappa shape index (κ2) is 6.75. The van der Waals surface area contributed by atoms with E-state index in [1.54, 1.807) is 6.07 Å². The molecule has 96 valence electrons. The molecule has 1 atom stereocenters. The highest BCUT2D eigenvalue weighted by molar-refractivity contribution is 5.95. The number of nitrogens with zero attached hydrogens (tertiary/aromatic N) is 2. The molecule has 0 fully saturated rings. The number of terminal acetylenes is 1. The van der Waals surface area contributed by atoms with Crippen molar-refractivity contribution in [3.05, 3.63) is 23.0 Å². The fourth-order valence-electron chi connectivity index (χ4n) is 1.69. The Morgan fingerprint density at radius 3 is 2.78 bits per heavy atom. The first-order valence-corrected chi connectivity index (χ1v) is 6.22. The van der Waals surface area contributed by atoms with Crippen molar-refractivity contribution in [2.45, 2.75) is 46.1 Å². The van der Waals surface area contributed by atoms with Crippen molar-refractivity contribution < 1.29 is 4.79 Å². The van der Waals surface area contributed by atoms with Gasteiger partial charge in [0.25, 0.3) is 5.91 Å². The van der Waals surface area contributed by atoms with Gasteiger partial charge in [-0.05, 0) is 25.8 Å². The van der Waals surface area contributed by atoms with Crippen LogP contribution in [0.4, 0.5) is 0 Å². The van der Waals surface area contributed by atoms with Gasteiger partial charge in [0.1, 0.15) is 0 Å². The highest BCUT2D eigenvalue weighted by Crippen LogP contribution is 2.08. The van der Waals surface area contributed by atoms with E-state index < -0.39 is 0 Å². The molecule has 0 aliphatic rings. The van der Waals surface area contributed by atoms with E-state index in [4.69, 9.17) is 6.42 Å². The van der Waals surface area contributed by atoms with Gasteiger partial charge in [-0.2, -0.15) is 10.2 Å². The number of hydrogen-bond acceptors (Lipinski definition) is 3. The number of hydrogen-bond donors (Lipinski definition) is 1.